The number of hydrogen-bond acceptors (Lipinski definition) is 5. The van der Waals surface area contributed by atoms with Crippen LogP contribution in [-0.4, -0.2) is 26.0 Å². The van der Waals surface area contributed by atoms with Gasteiger partial charge in [0.2, 0.25) is 0 Å². The number of Topliss-reactive ketones (excluding diaryl/α,β-unsaturated/α-hetero) is 1. The van der Waals surface area contributed by atoms with Crippen LogP contribution in [0, 0.1) is 17.0 Å². The van der Waals surface area contributed by atoms with Gasteiger partial charge in [0.15, 0.2) is 5.78 Å². The largest absolute Gasteiger partial charge is 0.497 e. The Hall–Kier alpha value is -2.70. The highest BCUT2D eigenvalue weighted by molar-refractivity contribution is 6.04. The molecule has 3 rings (SSSR count). The lowest BCUT2D eigenvalue weighted by Gasteiger charge is -2.39. The third kappa shape index (κ3) is 3.30. The van der Waals surface area contributed by atoms with Crippen molar-refractivity contribution in [3.05, 3.63) is 51.9 Å². The molecule has 1 heterocycles. The van der Waals surface area contributed by atoms with Gasteiger partial charge < -0.3 is 14.8 Å². The van der Waals surface area contributed by atoms with Crippen molar-refractivity contribution in [3.8, 4) is 5.75 Å². The Balaban J connectivity index is 2.29. The lowest BCUT2D eigenvalue weighted by Crippen LogP contribution is -2.39. The van der Waals surface area contributed by atoms with Gasteiger partial charge in [-0.25, -0.2) is 13.6 Å². The van der Waals surface area contributed by atoms with Crippen LogP contribution in [0.1, 0.15) is 45.1 Å². The topological polar surface area (TPSA) is 64.6 Å². The van der Waals surface area contributed by atoms with Crippen LogP contribution in [-0.2, 0) is 14.3 Å². The van der Waals surface area contributed by atoms with Gasteiger partial charge in [0, 0.05) is 41.1 Å². The third-order valence-electron chi connectivity index (χ3n) is 5.22. The van der Waals surface area contributed by atoms with Crippen LogP contribution in [0.2, 0.25) is 0 Å². The van der Waals surface area contributed by atoms with Gasteiger partial charge in [0.25, 0.3) is 0 Å². The summed E-state index contributed by atoms with van der Waals surface area (Å²) in [6.45, 7) is 5.54. The lowest BCUT2D eigenvalue weighted by atomic mass is 9.68. The van der Waals surface area contributed by atoms with Crippen molar-refractivity contribution in [3.63, 3.8) is 0 Å². The number of ketones is 1. The average Bonchev–Trinajstić information content (AvgIpc) is 2.58. The van der Waals surface area contributed by atoms with Gasteiger partial charge >= 0.3 is 5.97 Å². The van der Waals surface area contributed by atoms with Gasteiger partial charge in [-0.3, -0.25) is 4.79 Å². The number of hydrogen-bond donors (Lipinski definition) is 1. The normalized spacial score (nSPS) is 21.2. The molecule has 1 aromatic carbocycles. The molecule has 150 valence electrons. The van der Waals surface area contributed by atoms with Crippen molar-refractivity contribution in [1.29, 1.82) is 0 Å². The van der Waals surface area contributed by atoms with E-state index in [2.05, 4.69) is 5.32 Å². The van der Waals surface area contributed by atoms with Crippen molar-refractivity contribution in [2.45, 2.75) is 39.5 Å². The van der Waals surface area contributed by atoms with Crippen LogP contribution in [0.3, 0.4) is 0 Å². The van der Waals surface area contributed by atoms with Crippen molar-refractivity contribution in [2.75, 3.05) is 14.2 Å². The van der Waals surface area contributed by atoms with Gasteiger partial charge in [0.05, 0.1) is 25.7 Å². The predicted octanol–water partition coefficient (Wildman–Crippen LogP) is 3.75. The molecule has 0 amide bonds. The number of nitrogens with one attached hydrogen (secondary N) is 1. The quantitative estimate of drug-likeness (QED) is 0.795. The fourth-order valence-electron chi connectivity index (χ4n) is 4.06. The Labute approximate surface area is 162 Å². The summed E-state index contributed by atoms with van der Waals surface area (Å²) in [5.74, 6) is -3.93. The SMILES string of the molecule is COC(=O)C1=C(C)NC2=C(C(=O)CC(C)(C)C2)[C@H]1c1c(F)cc(OC)cc1F. The molecular weight excluding hydrogens is 368 g/mol. The summed E-state index contributed by atoms with van der Waals surface area (Å²) >= 11 is 0. The van der Waals surface area contributed by atoms with E-state index in [1.807, 2.05) is 13.8 Å². The van der Waals surface area contributed by atoms with Crippen LogP contribution in [0.5, 0.6) is 5.75 Å². The van der Waals surface area contributed by atoms with Gasteiger partial charge in [-0.05, 0) is 18.8 Å². The number of dihydropyridines is 1. The van der Waals surface area contributed by atoms with Crippen LogP contribution in [0.15, 0.2) is 34.7 Å². The van der Waals surface area contributed by atoms with Crippen molar-refractivity contribution < 1.29 is 27.8 Å². The van der Waals surface area contributed by atoms with Crippen LogP contribution in [0.25, 0.3) is 0 Å². The second-order valence-corrected chi connectivity index (χ2v) is 7.93. The molecule has 0 saturated carbocycles. The molecule has 0 fully saturated rings. The fourth-order valence-corrected chi connectivity index (χ4v) is 4.06. The van der Waals surface area contributed by atoms with Crippen LogP contribution >= 0.6 is 0 Å². The first-order chi connectivity index (χ1) is 13.1. The molecule has 1 atom stereocenters. The van der Waals surface area contributed by atoms with Gasteiger partial charge in [-0.15, -0.1) is 0 Å². The summed E-state index contributed by atoms with van der Waals surface area (Å²) in [6, 6.07) is 2.09. The van der Waals surface area contributed by atoms with Crippen LogP contribution in [0.4, 0.5) is 8.78 Å². The Morgan fingerprint density at radius 3 is 2.32 bits per heavy atom. The molecule has 1 aliphatic carbocycles. The zero-order valence-corrected chi connectivity index (χ0v) is 16.5. The van der Waals surface area contributed by atoms with Crippen molar-refractivity contribution in [2.24, 2.45) is 5.41 Å². The molecule has 0 spiro atoms. The minimum atomic E-state index is -1.18. The maximum Gasteiger partial charge on any atom is 0.336 e. The molecule has 0 bridgehead atoms. The van der Waals surface area contributed by atoms with E-state index in [1.54, 1.807) is 6.92 Å². The van der Waals surface area contributed by atoms with E-state index in [1.165, 1.54) is 14.2 Å². The molecule has 1 aliphatic heterocycles. The average molecular weight is 391 g/mol. The van der Waals surface area contributed by atoms with E-state index in [0.717, 1.165) is 12.1 Å². The standard InChI is InChI=1S/C21H23F2NO4/c1-10-16(20(26)28-5)19(17-12(22)6-11(27-4)7-13(17)23)18-14(24-10)8-21(2,3)9-15(18)25/h6-7,19,24H,8-9H2,1-5H3/t19-/m1/s1. The summed E-state index contributed by atoms with van der Waals surface area (Å²) in [4.78, 5) is 25.5. The minimum absolute atomic E-state index is 0.0123. The minimum Gasteiger partial charge on any atom is -0.497 e. The molecule has 1 N–H and O–H groups in total. The van der Waals surface area contributed by atoms with Gasteiger partial charge in [0.1, 0.15) is 17.4 Å². The number of esters is 1. The number of benzene rings is 1. The molecule has 1 aromatic rings. The molecule has 2 aliphatic rings. The molecular formula is C21H23F2NO4. The Kier molecular flexibility index (Phi) is 5.04. The zero-order valence-electron chi connectivity index (χ0n) is 16.5. The number of halogens is 2. The lowest BCUT2D eigenvalue weighted by molar-refractivity contribution is -0.136. The van der Waals surface area contributed by atoms with Crippen molar-refractivity contribution in [1.82, 2.24) is 5.32 Å². The number of allylic oxidation sites excluding steroid dienone is 3. The van der Waals surface area contributed by atoms with E-state index in [0.29, 0.717) is 17.8 Å². The highest BCUT2D eigenvalue weighted by atomic mass is 19.1. The maximum atomic E-state index is 14.9. The van der Waals surface area contributed by atoms with Gasteiger partial charge in [-0.2, -0.15) is 0 Å². The zero-order chi connectivity index (χ0) is 20.8. The number of carbonyl (C=O) groups excluding carboxylic acids is 2. The second kappa shape index (κ2) is 7.04. The summed E-state index contributed by atoms with van der Waals surface area (Å²) in [5, 5.41) is 3.10. The molecule has 0 aromatic heterocycles. The molecule has 0 saturated heterocycles. The first kappa shape index (κ1) is 20.0. The fraction of sp³-hybridized carbons (Fsp3) is 0.429. The maximum absolute atomic E-state index is 14.9. The molecule has 28 heavy (non-hydrogen) atoms. The molecule has 7 heteroatoms. The van der Waals surface area contributed by atoms with E-state index >= 15 is 0 Å². The Morgan fingerprint density at radius 1 is 1.18 bits per heavy atom. The van der Waals surface area contributed by atoms with E-state index in [-0.39, 0.29) is 40.1 Å². The summed E-state index contributed by atoms with van der Waals surface area (Å²) in [5.41, 5.74) is 0.586. The summed E-state index contributed by atoms with van der Waals surface area (Å²) in [6.07, 6.45) is 0.743. The first-order valence-electron chi connectivity index (χ1n) is 8.95. The Bertz CT molecular complexity index is 907. The third-order valence-corrected chi connectivity index (χ3v) is 5.22. The highest BCUT2D eigenvalue weighted by Crippen LogP contribution is 2.48. The van der Waals surface area contributed by atoms with E-state index < -0.39 is 23.5 Å². The smallest absolute Gasteiger partial charge is 0.336 e. The highest BCUT2D eigenvalue weighted by Gasteiger charge is 2.44. The first-order valence-corrected chi connectivity index (χ1v) is 8.95. The number of methoxy groups -OCH3 is 2. The monoisotopic (exact) mass is 391 g/mol. The van der Waals surface area contributed by atoms with Gasteiger partial charge in [-0.1, -0.05) is 13.8 Å². The van der Waals surface area contributed by atoms with Crippen LogP contribution < -0.4 is 10.1 Å². The Morgan fingerprint density at radius 2 is 1.79 bits per heavy atom. The number of rotatable bonds is 3. The second-order valence-electron chi connectivity index (χ2n) is 7.93. The number of ether oxygens (including phenoxy) is 2. The summed E-state index contributed by atoms with van der Waals surface area (Å²) in [7, 11) is 2.49. The summed E-state index contributed by atoms with van der Waals surface area (Å²) < 4.78 is 39.6. The molecule has 0 unspecified atom stereocenters. The predicted molar refractivity (Wildman–Crippen MR) is 98.6 cm³/mol. The van der Waals surface area contributed by atoms with E-state index in [9.17, 15) is 18.4 Å². The molecule has 0 radical (unpaired) electrons. The van der Waals surface area contributed by atoms with Crippen molar-refractivity contribution >= 4 is 11.8 Å². The molecule has 5 nitrogen and oxygen atoms in total. The number of carbonyl (C=O) groups is 2. The van der Waals surface area contributed by atoms with E-state index in [4.69, 9.17) is 9.47 Å².